The van der Waals surface area contributed by atoms with Gasteiger partial charge in [-0.2, -0.15) is 0 Å². The van der Waals surface area contributed by atoms with E-state index in [1.165, 1.54) is 6.20 Å². The lowest BCUT2D eigenvalue weighted by Gasteiger charge is -2.25. The molecule has 2 atom stereocenters. The molecule has 0 fully saturated rings. The highest BCUT2D eigenvalue weighted by atomic mass is 16.5. The average Bonchev–Trinajstić information content (AvgIpc) is 3.27. The second kappa shape index (κ2) is 14.0. The van der Waals surface area contributed by atoms with Gasteiger partial charge in [-0.25, -0.2) is 14.2 Å². The number of hydrogen-bond donors (Lipinski definition) is 2. The lowest BCUT2D eigenvalue weighted by Crippen LogP contribution is -2.53. The largest absolute Gasteiger partial charge is 0.445 e. The molecule has 3 aromatic rings. The van der Waals surface area contributed by atoms with E-state index in [0.29, 0.717) is 18.5 Å². The second-order valence-electron chi connectivity index (χ2n) is 10.1. The van der Waals surface area contributed by atoms with Crippen molar-refractivity contribution in [2.45, 2.75) is 65.8 Å². The maximum Gasteiger partial charge on any atom is 0.442 e. The number of ketones is 1. The van der Waals surface area contributed by atoms with Gasteiger partial charge in [-0.3, -0.25) is 19.1 Å². The van der Waals surface area contributed by atoms with Crippen molar-refractivity contribution in [2.75, 3.05) is 0 Å². The molecule has 0 bridgehead atoms. The quantitative estimate of drug-likeness (QED) is 0.338. The van der Waals surface area contributed by atoms with Crippen molar-refractivity contribution in [3.8, 4) is 11.5 Å². The Labute approximate surface area is 226 Å². The third-order valence-electron chi connectivity index (χ3n) is 5.83. The van der Waals surface area contributed by atoms with E-state index in [2.05, 4.69) is 20.8 Å². The Kier molecular flexibility index (Phi) is 10.5. The van der Waals surface area contributed by atoms with Gasteiger partial charge in [0.25, 0.3) is 0 Å². The van der Waals surface area contributed by atoms with Crippen molar-refractivity contribution < 1.29 is 23.6 Å². The van der Waals surface area contributed by atoms with Crippen LogP contribution in [0.25, 0.3) is 11.5 Å². The zero-order valence-corrected chi connectivity index (χ0v) is 22.6. The summed E-state index contributed by atoms with van der Waals surface area (Å²) in [5.74, 6) is -1.48. The molecule has 2 N–H and O–H groups in total. The Morgan fingerprint density at radius 3 is 2.23 bits per heavy atom. The lowest BCUT2D eigenvalue weighted by molar-refractivity contribution is -0.129. The van der Waals surface area contributed by atoms with Gasteiger partial charge in [0.1, 0.15) is 18.3 Å². The molecular weight excluding hydrogens is 502 g/mol. The van der Waals surface area contributed by atoms with Crippen molar-refractivity contribution in [3.05, 3.63) is 70.8 Å². The van der Waals surface area contributed by atoms with Crippen LogP contribution < -0.4 is 16.4 Å². The molecule has 0 radical (unpaired) electrons. The van der Waals surface area contributed by atoms with Crippen LogP contribution in [0.2, 0.25) is 0 Å². The van der Waals surface area contributed by atoms with Crippen molar-refractivity contribution in [2.24, 2.45) is 11.8 Å². The minimum Gasteiger partial charge on any atom is -0.445 e. The van der Waals surface area contributed by atoms with Crippen molar-refractivity contribution >= 4 is 17.8 Å². The van der Waals surface area contributed by atoms with Crippen molar-refractivity contribution in [3.63, 3.8) is 0 Å². The van der Waals surface area contributed by atoms with E-state index in [1.807, 2.05) is 58.0 Å². The van der Waals surface area contributed by atoms with Gasteiger partial charge in [-0.05, 0) is 42.4 Å². The van der Waals surface area contributed by atoms with Gasteiger partial charge in [0.2, 0.25) is 11.7 Å². The molecule has 2 heterocycles. The summed E-state index contributed by atoms with van der Waals surface area (Å²) in [7, 11) is 0. The molecule has 0 aliphatic heterocycles. The van der Waals surface area contributed by atoms with E-state index in [0.717, 1.165) is 10.1 Å². The summed E-state index contributed by atoms with van der Waals surface area (Å²) < 4.78 is 11.2. The van der Waals surface area contributed by atoms with Gasteiger partial charge in [0, 0.05) is 6.20 Å². The van der Waals surface area contributed by atoms with Crippen molar-refractivity contribution in [1.82, 2.24) is 25.3 Å². The third kappa shape index (κ3) is 8.91. The summed E-state index contributed by atoms with van der Waals surface area (Å²) in [4.78, 5) is 55.7. The second-order valence-corrected chi connectivity index (χ2v) is 10.1. The first kappa shape index (κ1) is 29.3. The molecule has 2 aromatic heterocycles. The molecule has 0 saturated carbocycles. The van der Waals surface area contributed by atoms with Gasteiger partial charge in [0.05, 0.1) is 12.6 Å². The number of carbonyl (C=O) groups is 3. The first-order valence-electron chi connectivity index (χ1n) is 12.9. The van der Waals surface area contributed by atoms with E-state index in [4.69, 9.17) is 9.26 Å². The monoisotopic (exact) mass is 537 g/mol. The molecule has 0 aliphatic carbocycles. The number of benzene rings is 1. The smallest absolute Gasteiger partial charge is 0.442 e. The average molecular weight is 538 g/mol. The highest BCUT2D eigenvalue weighted by Gasteiger charge is 2.29. The molecular formula is C28H35N5O6. The zero-order valence-electron chi connectivity index (χ0n) is 22.6. The fourth-order valence-corrected chi connectivity index (χ4v) is 3.98. The number of rotatable bonds is 13. The van der Waals surface area contributed by atoms with Crippen molar-refractivity contribution in [1.29, 1.82) is 0 Å². The summed E-state index contributed by atoms with van der Waals surface area (Å²) in [5.41, 5.74) is 1.19. The summed E-state index contributed by atoms with van der Waals surface area (Å²) in [6.07, 6.45) is 1.47. The first-order valence-corrected chi connectivity index (χ1v) is 12.9. The number of amides is 2. The molecule has 0 spiro atoms. The standard InChI is InChI=1S/C28H35N5O6/c1-18(2)14-22(24(34)16-33-25(32-39-28(33)37)21-12-8-9-13-29-21)30-26(35)23(15-19(3)4)31-27(36)38-17-20-10-6-5-7-11-20/h5-13,18-19,22-23H,14-17H2,1-4H3,(H,30,35)(H,31,36)/t22-,23-/m0/s1. The van der Waals surface area contributed by atoms with E-state index >= 15 is 0 Å². The number of nitrogens with one attached hydrogen (secondary N) is 2. The summed E-state index contributed by atoms with van der Waals surface area (Å²) in [6.45, 7) is 7.37. The Bertz CT molecular complexity index is 1290. The van der Waals surface area contributed by atoms with Crippen LogP contribution in [0.4, 0.5) is 4.79 Å². The highest BCUT2D eigenvalue weighted by molar-refractivity contribution is 5.92. The fourth-order valence-electron chi connectivity index (χ4n) is 3.98. The number of aromatic nitrogens is 3. The molecule has 208 valence electrons. The SMILES string of the molecule is CC(C)C[C@H](NC(=O)[C@H](CC(C)C)NC(=O)OCc1ccccc1)C(=O)Cn1c(-c2ccccn2)noc1=O. The molecule has 3 rings (SSSR count). The molecule has 0 unspecified atom stereocenters. The summed E-state index contributed by atoms with van der Waals surface area (Å²) >= 11 is 0. The minimum atomic E-state index is -0.918. The minimum absolute atomic E-state index is 0.0565. The van der Waals surface area contributed by atoms with Crippen LogP contribution in [0, 0.1) is 11.8 Å². The number of ether oxygens (including phenoxy) is 1. The molecule has 11 nitrogen and oxygen atoms in total. The highest BCUT2D eigenvalue weighted by Crippen LogP contribution is 2.14. The summed E-state index contributed by atoms with van der Waals surface area (Å²) in [6, 6.07) is 12.4. The number of carbonyl (C=O) groups excluding carboxylic acids is 3. The van der Waals surface area contributed by atoms with E-state index in [1.54, 1.807) is 18.2 Å². The third-order valence-corrected chi connectivity index (χ3v) is 5.83. The zero-order chi connectivity index (χ0) is 28.4. The number of hydrogen-bond acceptors (Lipinski definition) is 8. The van der Waals surface area contributed by atoms with Crippen LogP contribution in [0.3, 0.4) is 0 Å². The van der Waals surface area contributed by atoms with E-state index < -0.39 is 35.6 Å². The van der Waals surface area contributed by atoms with E-state index in [-0.39, 0.29) is 30.8 Å². The Morgan fingerprint density at radius 1 is 0.923 bits per heavy atom. The van der Waals surface area contributed by atoms with Gasteiger partial charge in [-0.1, -0.05) is 69.2 Å². The first-order chi connectivity index (χ1) is 18.6. The maximum absolute atomic E-state index is 13.4. The van der Waals surface area contributed by atoms with Crippen LogP contribution in [0.5, 0.6) is 0 Å². The maximum atomic E-state index is 13.4. The fraction of sp³-hybridized carbons (Fsp3) is 0.429. The van der Waals surface area contributed by atoms with Crippen LogP contribution >= 0.6 is 0 Å². The van der Waals surface area contributed by atoms with Gasteiger partial charge >= 0.3 is 11.8 Å². The van der Waals surface area contributed by atoms with Crippen LogP contribution in [-0.2, 0) is 27.5 Å². The Hall–Kier alpha value is -4.28. The Morgan fingerprint density at radius 2 is 1.59 bits per heavy atom. The predicted molar refractivity (Wildman–Crippen MR) is 143 cm³/mol. The Balaban J connectivity index is 1.71. The molecule has 11 heteroatoms. The van der Waals surface area contributed by atoms with Crippen LogP contribution in [-0.4, -0.2) is 44.6 Å². The number of alkyl carbamates (subject to hydrolysis) is 1. The molecule has 1 aromatic carbocycles. The topological polar surface area (TPSA) is 145 Å². The molecule has 2 amide bonds. The normalized spacial score (nSPS) is 12.7. The van der Waals surface area contributed by atoms with E-state index in [9.17, 15) is 19.2 Å². The predicted octanol–water partition coefficient (Wildman–Crippen LogP) is 3.34. The molecule has 0 aliphatic rings. The number of pyridine rings is 1. The molecule has 0 saturated heterocycles. The molecule has 39 heavy (non-hydrogen) atoms. The summed E-state index contributed by atoms with van der Waals surface area (Å²) in [5, 5.41) is 9.18. The van der Waals surface area contributed by atoms with Gasteiger partial charge in [-0.15, -0.1) is 0 Å². The van der Waals surface area contributed by atoms with Crippen LogP contribution in [0.15, 0.2) is 64.0 Å². The van der Waals surface area contributed by atoms with Crippen LogP contribution in [0.1, 0.15) is 46.1 Å². The number of Topliss-reactive ketones (excluding diaryl/α,β-unsaturated/α-hetero) is 1. The van der Waals surface area contributed by atoms with Gasteiger partial charge in [0.15, 0.2) is 5.78 Å². The van der Waals surface area contributed by atoms with Gasteiger partial charge < -0.3 is 15.4 Å². The number of nitrogens with zero attached hydrogens (tertiary/aromatic N) is 3. The lowest BCUT2D eigenvalue weighted by atomic mass is 9.98.